The van der Waals surface area contributed by atoms with Crippen molar-refractivity contribution in [3.8, 4) is 0 Å². The molecule has 0 N–H and O–H groups in total. The highest BCUT2D eigenvalue weighted by molar-refractivity contribution is 7.78. The maximum Gasteiger partial charge on any atom is 0.0420 e. The molecular formula is C7H7NS. The Bertz CT molecular complexity index is 193. The molecular weight excluding hydrogens is 130 g/mol. The maximum atomic E-state index is 3.70. The maximum absolute atomic E-state index is 3.70. The summed E-state index contributed by atoms with van der Waals surface area (Å²) in [6, 6.07) is 9.84. The molecule has 2 heteroatoms. The zero-order valence-corrected chi connectivity index (χ0v) is 5.75. The highest BCUT2D eigenvalue weighted by Crippen LogP contribution is 1.93. The number of thiol groups is 1. The van der Waals surface area contributed by atoms with Crippen LogP contribution in [0.5, 0.6) is 0 Å². The van der Waals surface area contributed by atoms with E-state index in [0.29, 0.717) is 0 Å². The van der Waals surface area contributed by atoms with Crippen molar-refractivity contribution in [3.63, 3.8) is 0 Å². The normalized spacial score (nSPS) is 10.3. The van der Waals surface area contributed by atoms with Gasteiger partial charge >= 0.3 is 0 Å². The SMILES string of the molecule is S/N=C/c1ccccc1. The molecule has 0 radical (unpaired) electrons. The molecule has 0 saturated carbocycles. The van der Waals surface area contributed by atoms with Crippen molar-refractivity contribution in [1.29, 1.82) is 0 Å². The molecule has 1 nitrogen and oxygen atoms in total. The molecule has 1 rings (SSSR count). The van der Waals surface area contributed by atoms with Crippen molar-refractivity contribution < 1.29 is 0 Å². The molecule has 0 aliphatic rings. The molecule has 0 unspecified atom stereocenters. The Balaban J connectivity index is 2.85. The molecule has 9 heavy (non-hydrogen) atoms. The number of rotatable bonds is 1. The van der Waals surface area contributed by atoms with Gasteiger partial charge in [0.1, 0.15) is 0 Å². The third-order valence-electron chi connectivity index (χ3n) is 1.01. The number of nitrogens with zero attached hydrogens (tertiary/aromatic N) is 1. The molecule has 0 saturated heterocycles. The lowest BCUT2D eigenvalue weighted by Gasteiger charge is -1.85. The zero-order valence-electron chi connectivity index (χ0n) is 4.86. The van der Waals surface area contributed by atoms with Gasteiger partial charge in [0.05, 0.1) is 0 Å². The highest BCUT2D eigenvalue weighted by Gasteiger charge is 1.79. The average molecular weight is 137 g/mol. The number of benzene rings is 1. The fourth-order valence-electron chi connectivity index (χ4n) is 0.606. The van der Waals surface area contributed by atoms with Crippen molar-refractivity contribution in [2.75, 3.05) is 0 Å². The largest absolute Gasteiger partial charge is 0.227 e. The van der Waals surface area contributed by atoms with Crippen LogP contribution in [-0.2, 0) is 0 Å². The van der Waals surface area contributed by atoms with E-state index in [1.165, 1.54) is 0 Å². The van der Waals surface area contributed by atoms with E-state index in [1.54, 1.807) is 6.21 Å². The van der Waals surface area contributed by atoms with E-state index < -0.39 is 0 Å². The monoisotopic (exact) mass is 137 g/mol. The molecule has 1 aromatic carbocycles. The second-order valence-electron chi connectivity index (χ2n) is 1.66. The lowest BCUT2D eigenvalue weighted by Crippen LogP contribution is -1.74. The summed E-state index contributed by atoms with van der Waals surface area (Å²) >= 11 is 3.70. The average Bonchev–Trinajstić information content (AvgIpc) is 1.91. The molecule has 0 amide bonds. The minimum atomic E-state index is 1.08. The lowest BCUT2D eigenvalue weighted by atomic mass is 10.2. The van der Waals surface area contributed by atoms with Gasteiger partial charge in [-0.15, -0.1) is 0 Å². The van der Waals surface area contributed by atoms with Crippen LogP contribution >= 0.6 is 12.8 Å². The quantitative estimate of drug-likeness (QED) is 0.448. The summed E-state index contributed by atoms with van der Waals surface area (Å²) in [6.45, 7) is 0. The van der Waals surface area contributed by atoms with E-state index >= 15 is 0 Å². The minimum absolute atomic E-state index is 1.08. The van der Waals surface area contributed by atoms with Gasteiger partial charge < -0.3 is 0 Å². The minimum Gasteiger partial charge on any atom is -0.227 e. The Hall–Kier alpha value is -0.760. The molecule has 46 valence electrons. The predicted molar refractivity (Wildman–Crippen MR) is 43.0 cm³/mol. The molecule has 1 aromatic rings. The Morgan fingerprint density at radius 3 is 2.44 bits per heavy atom. The van der Waals surface area contributed by atoms with Gasteiger partial charge in [0.25, 0.3) is 0 Å². The van der Waals surface area contributed by atoms with Gasteiger partial charge in [-0.2, -0.15) is 0 Å². The summed E-state index contributed by atoms with van der Waals surface area (Å²) in [5.74, 6) is 0. The van der Waals surface area contributed by atoms with Crippen molar-refractivity contribution in [2.24, 2.45) is 4.40 Å². The molecule has 0 fully saturated rings. The van der Waals surface area contributed by atoms with Gasteiger partial charge in [-0.05, 0) is 18.4 Å². The summed E-state index contributed by atoms with van der Waals surface area (Å²) in [5, 5.41) is 0. The molecule has 0 aromatic heterocycles. The fraction of sp³-hybridized carbons (Fsp3) is 0. The Morgan fingerprint density at radius 2 is 1.89 bits per heavy atom. The van der Waals surface area contributed by atoms with Crippen LogP contribution < -0.4 is 0 Å². The Kier molecular flexibility index (Phi) is 2.33. The van der Waals surface area contributed by atoms with Crippen LogP contribution in [0.4, 0.5) is 0 Å². The topological polar surface area (TPSA) is 12.4 Å². The van der Waals surface area contributed by atoms with Crippen LogP contribution in [0, 0.1) is 0 Å². The van der Waals surface area contributed by atoms with E-state index in [0.717, 1.165) is 5.56 Å². The van der Waals surface area contributed by atoms with Crippen molar-refractivity contribution >= 4 is 19.0 Å². The number of hydrogen-bond donors (Lipinski definition) is 1. The fourth-order valence-corrected chi connectivity index (χ4v) is 0.739. The van der Waals surface area contributed by atoms with E-state index in [9.17, 15) is 0 Å². The molecule has 0 aliphatic carbocycles. The predicted octanol–water partition coefficient (Wildman–Crippen LogP) is 1.95. The first kappa shape index (κ1) is 6.36. The first-order valence-electron chi connectivity index (χ1n) is 2.66. The lowest BCUT2D eigenvalue weighted by molar-refractivity contribution is 1.67. The zero-order chi connectivity index (χ0) is 6.53. The first-order chi connectivity index (χ1) is 4.43. The summed E-state index contributed by atoms with van der Waals surface area (Å²) < 4.78 is 3.58. The summed E-state index contributed by atoms with van der Waals surface area (Å²) in [4.78, 5) is 0. The second kappa shape index (κ2) is 3.30. The third kappa shape index (κ3) is 1.90. The van der Waals surface area contributed by atoms with E-state index in [1.807, 2.05) is 30.3 Å². The van der Waals surface area contributed by atoms with Crippen molar-refractivity contribution in [2.45, 2.75) is 0 Å². The summed E-state index contributed by atoms with van der Waals surface area (Å²) in [7, 11) is 0. The van der Waals surface area contributed by atoms with Crippen LogP contribution in [0.25, 0.3) is 0 Å². The Labute approximate surface area is 60.0 Å². The van der Waals surface area contributed by atoms with E-state index in [4.69, 9.17) is 0 Å². The molecule has 0 atom stereocenters. The van der Waals surface area contributed by atoms with Crippen molar-refractivity contribution in [3.05, 3.63) is 35.9 Å². The number of hydrogen-bond acceptors (Lipinski definition) is 2. The smallest absolute Gasteiger partial charge is 0.0420 e. The Morgan fingerprint density at radius 1 is 1.22 bits per heavy atom. The van der Waals surface area contributed by atoms with E-state index in [2.05, 4.69) is 17.2 Å². The van der Waals surface area contributed by atoms with Gasteiger partial charge in [0.2, 0.25) is 0 Å². The van der Waals surface area contributed by atoms with Crippen LogP contribution in [0.3, 0.4) is 0 Å². The van der Waals surface area contributed by atoms with Crippen molar-refractivity contribution in [1.82, 2.24) is 0 Å². The van der Waals surface area contributed by atoms with Crippen LogP contribution in [0.2, 0.25) is 0 Å². The molecule has 0 aliphatic heterocycles. The van der Waals surface area contributed by atoms with E-state index in [-0.39, 0.29) is 0 Å². The van der Waals surface area contributed by atoms with Gasteiger partial charge in [-0.25, -0.2) is 4.40 Å². The molecule has 0 bridgehead atoms. The second-order valence-corrected chi connectivity index (χ2v) is 1.89. The van der Waals surface area contributed by atoms with Crippen LogP contribution in [0.1, 0.15) is 5.56 Å². The standard InChI is InChI=1S/C7H7NS/c9-8-6-7-4-2-1-3-5-7/h1-6,9H/b8-6+. The first-order valence-corrected chi connectivity index (χ1v) is 3.06. The van der Waals surface area contributed by atoms with Gasteiger partial charge in [-0.1, -0.05) is 30.3 Å². The highest BCUT2D eigenvalue weighted by atomic mass is 32.1. The van der Waals surface area contributed by atoms with Gasteiger partial charge in [-0.3, -0.25) is 0 Å². The molecule has 0 spiro atoms. The van der Waals surface area contributed by atoms with Crippen LogP contribution in [0.15, 0.2) is 34.7 Å². The summed E-state index contributed by atoms with van der Waals surface area (Å²) in [6.07, 6.45) is 1.70. The van der Waals surface area contributed by atoms with Gasteiger partial charge in [0, 0.05) is 6.21 Å². The molecule has 0 heterocycles. The van der Waals surface area contributed by atoms with Gasteiger partial charge in [0.15, 0.2) is 0 Å². The summed E-state index contributed by atoms with van der Waals surface area (Å²) in [5.41, 5.74) is 1.08. The third-order valence-corrected chi connectivity index (χ3v) is 1.12. The van der Waals surface area contributed by atoms with Crippen LogP contribution in [-0.4, -0.2) is 6.21 Å².